The standard InChI is InChI=1S/C16H14N2O5/c19-15-13(17-16(20)21)9-10-8-12(6-7-14(10)18(15)22)23-11-4-2-1-3-5-11/h1-9,16-17,20-22H. The van der Waals surface area contributed by atoms with Gasteiger partial charge in [0.2, 0.25) is 6.41 Å². The zero-order chi connectivity index (χ0) is 16.4. The molecule has 0 saturated heterocycles. The van der Waals surface area contributed by atoms with E-state index in [2.05, 4.69) is 5.32 Å². The molecule has 3 rings (SSSR count). The quantitative estimate of drug-likeness (QED) is 0.432. The Morgan fingerprint density at radius 2 is 1.74 bits per heavy atom. The van der Waals surface area contributed by atoms with E-state index in [0.29, 0.717) is 21.6 Å². The topological polar surface area (TPSA) is 104 Å². The Kier molecular flexibility index (Phi) is 3.88. The smallest absolute Gasteiger partial charge is 0.306 e. The molecule has 0 bridgehead atoms. The van der Waals surface area contributed by atoms with Crippen LogP contribution in [-0.4, -0.2) is 26.6 Å². The van der Waals surface area contributed by atoms with Crippen molar-refractivity contribution < 1.29 is 20.2 Å². The molecule has 3 aromatic rings. The van der Waals surface area contributed by atoms with Crippen LogP contribution in [0.25, 0.3) is 10.9 Å². The van der Waals surface area contributed by atoms with Crippen molar-refractivity contribution in [1.82, 2.24) is 4.73 Å². The van der Waals surface area contributed by atoms with Crippen molar-refractivity contribution in [3.63, 3.8) is 0 Å². The fourth-order valence-corrected chi connectivity index (χ4v) is 2.21. The molecule has 0 spiro atoms. The summed E-state index contributed by atoms with van der Waals surface area (Å²) < 4.78 is 6.13. The van der Waals surface area contributed by atoms with Crippen LogP contribution in [0, 0.1) is 0 Å². The summed E-state index contributed by atoms with van der Waals surface area (Å²) in [5.74, 6) is 1.16. The number of para-hydroxylation sites is 1. The minimum atomic E-state index is -1.91. The van der Waals surface area contributed by atoms with E-state index in [1.807, 2.05) is 18.2 Å². The number of nitrogens with zero attached hydrogens (tertiary/aromatic N) is 1. The van der Waals surface area contributed by atoms with E-state index >= 15 is 0 Å². The average molecular weight is 314 g/mol. The lowest BCUT2D eigenvalue weighted by molar-refractivity contribution is -0.0149. The summed E-state index contributed by atoms with van der Waals surface area (Å²) in [5, 5.41) is 30.4. The van der Waals surface area contributed by atoms with E-state index in [4.69, 9.17) is 14.9 Å². The van der Waals surface area contributed by atoms with Crippen molar-refractivity contribution in [2.45, 2.75) is 6.41 Å². The maximum Gasteiger partial charge on any atom is 0.306 e. The third kappa shape index (κ3) is 3.10. The molecular weight excluding hydrogens is 300 g/mol. The van der Waals surface area contributed by atoms with Gasteiger partial charge in [0.1, 0.15) is 17.2 Å². The van der Waals surface area contributed by atoms with Crippen LogP contribution < -0.4 is 15.6 Å². The minimum absolute atomic E-state index is 0.146. The molecule has 0 aliphatic carbocycles. The van der Waals surface area contributed by atoms with Gasteiger partial charge < -0.3 is 25.5 Å². The third-order valence-electron chi connectivity index (χ3n) is 3.21. The largest absolute Gasteiger partial charge is 0.457 e. The first-order chi connectivity index (χ1) is 11.0. The number of benzene rings is 2. The van der Waals surface area contributed by atoms with E-state index in [0.717, 1.165) is 0 Å². The van der Waals surface area contributed by atoms with Gasteiger partial charge in [0, 0.05) is 5.39 Å². The van der Waals surface area contributed by atoms with E-state index in [1.54, 1.807) is 24.3 Å². The summed E-state index contributed by atoms with van der Waals surface area (Å²) in [7, 11) is 0. The average Bonchev–Trinajstić information content (AvgIpc) is 2.53. The number of hydrogen-bond acceptors (Lipinski definition) is 6. The van der Waals surface area contributed by atoms with Gasteiger partial charge in [0.05, 0.1) is 5.52 Å². The lowest BCUT2D eigenvalue weighted by Gasteiger charge is -2.12. The van der Waals surface area contributed by atoms with Crippen LogP contribution in [0.5, 0.6) is 11.5 Å². The highest BCUT2D eigenvalue weighted by molar-refractivity contribution is 5.83. The Labute approximate surface area is 130 Å². The lowest BCUT2D eigenvalue weighted by Crippen LogP contribution is -2.27. The van der Waals surface area contributed by atoms with Gasteiger partial charge in [-0.2, -0.15) is 0 Å². The van der Waals surface area contributed by atoms with Crippen LogP contribution in [0.2, 0.25) is 0 Å². The molecule has 7 nitrogen and oxygen atoms in total. The Hall–Kier alpha value is -3.03. The molecule has 118 valence electrons. The molecule has 0 amide bonds. The number of hydrogen-bond donors (Lipinski definition) is 4. The zero-order valence-electron chi connectivity index (χ0n) is 11.9. The number of aliphatic hydroxyl groups excluding tert-OH is 1. The second-order valence-electron chi connectivity index (χ2n) is 4.83. The van der Waals surface area contributed by atoms with Gasteiger partial charge in [0.25, 0.3) is 0 Å². The summed E-state index contributed by atoms with van der Waals surface area (Å²) in [4.78, 5) is 11.9. The van der Waals surface area contributed by atoms with Gasteiger partial charge in [-0.3, -0.25) is 4.79 Å². The van der Waals surface area contributed by atoms with Crippen LogP contribution >= 0.6 is 0 Å². The molecule has 1 heterocycles. The maximum atomic E-state index is 11.9. The Morgan fingerprint density at radius 1 is 1.00 bits per heavy atom. The molecule has 0 aliphatic rings. The zero-order valence-corrected chi connectivity index (χ0v) is 11.9. The SMILES string of the molecule is O=c1c(NC(O)O)cc2cc(Oc3ccccc3)ccc2n1O. The molecule has 4 N–H and O–H groups in total. The summed E-state index contributed by atoms with van der Waals surface area (Å²) in [5.41, 5.74) is -0.664. The Balaban J connectivity index is 2.04. The van der Waals surface area contributed by atoms with Crippen LogP contribution in [0.1, 0.15) is 0 Å². The van der Waals surface area contributed by atoms with Gasteiger partial charge in [-0.15, -0.1) is 4.73 Å². The summed E-state index contributed by atoms with van der Waals surface area (Å²) in [6, 6.07) is 15.3. The highest BCUT2D eigenvalue weighted by Crippen LogP contribution is 2.25. The minimum Gasteiger partial charge on any atom is -0.457 e. The second-order valence-corrected chi connectivity index (χ2v) is 4.83. The Morgan fingerprint density at radius 3 is 2.43 bits per heavy atom. The predicted molar refractivity (Wildman–Crippen MR) is 83.8 cm³/mol. The summed E-state index contributed by atoms with van der Waals surface area (Å²) in [6.45, 7) is 0. The molecule has 0 saturated carbocycles. The first kappa shape index (κ1) is 14.9. The summed E-state index contributed by atoms with van der Waals surface area (Å²) >= 11 is 0. The molecule has 7 heteroatoms. The van der Waals surface area contributed by atoms with Crippen molar-refractivity contribution >= 4 is 16.6 Å². The summed E-state index contributed by atoms with van der Waals surface area (Å²) in [6.07, 6.45) is -1.91. The van der Waals surface area contributed by atoms with E-state index in [1.165, 1.54) is 12.1 Å². The van der Waals surface area contributed by atoms with Crippen molar-refractivity contribution in [3.05, 3.63) is 65.0 Å². The lowest BCUT2D eigenvalue weighted by atomic mass is 10.2. The van der Waals surface area contributed by atoms with Crippen LogP contribution in [0.15, 0.2) is 59.4 Å². The first-order valence-corrected chi connectivity index (χ1v) is 6.79. The number of aromatic nitrogens is 1. The van der Waals surface area contributed by atoms with Crippen molar-refractivity contribution in [2.24, 2.45) is 0 Å². The fraction of sp³-hybridized carbons (Fsp3) is 0.0625. The monoisotopic (exact) mass is 314 g/mol. The number of fused-ring (bicyclic) bond motifs is 1. The van der Waals surface area contributed by atoms with Crippen molar-refractivity contribution in [3.8, 4) is 11.5 Å². The van der Waals surface area contributed by atoms with E-state index in [-0.39, 0.29) is 11.2 Å². The molecular formula is C16H14N2O5. The normalized spacial score (nSPS) is 10.9. The number of nitrogens with one attached hydrogen (secondary N) is 1. The number of pyridine rings is 1. The molecule has 0 aliphatic heterocycles. The molecule has 0 unspecified atom stereocenters. The maximum absolute atomic E-state index is 11.9. The van der Waals surface area contributed by atoms with Crippen molar-refractivity contribution in [1.29, 1.82) is 0 Å². The molecule has 0 atom stereocenters. The molecule has 0 radical (unpaired) electrons. The molecule has 23 heavy (non-hydrogen) atoms. The van der Waals surface area contributed by atoms with Crippen LogP contribution in [0.4, 0.5) is 5.69 Å². The number of ether oxygens (including phenoxy) is 1. The fourth-order valence-electron chi connectivity index (χ4n) is 2.21. The molecule has 1 aromatic heterocycles. The highest BCUT2D eigenvalue weighted by atomic mass is 16.5. The van der Waals surface area contributed by atoms with Gasteiger partial charge in [-0.05, 0) is 36.4 Å². The van der Waals surface area contributed by atoms with Crippen LogP contribution in [0.3, 0.4) is 0 Å². The van der Waals surface area contributed by atoms with E-state index in [9.17, 15) is 10.0 Å². The van der Waals surface area contributed by atoms with E-state index < -0.39 is 12.0 Å². The molecule has 2 aromatic carbocycles. The van der Waals surface area contributed by atoms with Gasteiger partial charge in [-0.1, -0.05) is 18.2 Å². The van der Waals surface area contributed by atoms with Crippen LogP contribution in [-0.2, 0) is 0 Å². The Bertz CT molecular complexity index is 890. The first-order valence-electron chi connectivity index (χ1n) is 6.79. The van der Waals surface area contributed by atoms with Crippen molar-refractivity contribution in [2.75, 3.05) is 5.32 Å². The number of rotatable bonds is 4. The third-order valence-corrected chi connectivity index (χ3v) is 3.21. The van der Waals surface area contributed by atoms with Gasteiger partial charge in [0.15, 0.2) is 0 Å². The second kappa shape index (κ2) is 5.99. The molecule has 0 fully saturated rings. The highest BCUT2D eigenvalue weighted by Gasteiger charge is 2.11. The van der Waals surface area contributed by atoms with Gasteiger partial charge in [-0.25, -0.2) is 0 Å². The number of anilines is 1. The van der Waals surface area contributed by atoms with Gasteiger partial charge >= 0.3 is 5.56 Å². The number of aliphatic hydroxyl groups is 2. The predicted octanol–water partition coefficient (Wildman–Crippen LogP) is 1.71.